The Balaban J connectivity index is 1.72. The second-order valence-electron chi connectivity index (χ2n) is 5.54. The monoisotopic (exact) mass is 235 g/mol. The molecule has 2 aliphatic rings. The number of H-pyrrole nitrogens is 1. The van der Waals surface area contributed by atoms with Gasteiger partial charge in [-0.15, -0.1) is 5.10 Å². The summed E-state index contributed by atoms with van der Waals surface area (Å²) in [6.07, 6.45) is 2.65. The molecule has 0 saturated carbocycles. The van der Waals surface area contributed by atoms with Crippen molar-refractivity contribution in [2.24, 2.45) is 5.92 Å². The van der Waals surface area contributed by atoms with Crippen molar-refractivity contribution in [3.8, 4) is 0 Å². The number of anilines is 1. The fourth-order valence-corrected chi connectivity index (χ4v) is 2.87. The lowest BCUT2D eigenvalue weighted by molar-refractivity contribution is 0.340. The van der Waals surface area contributed by atoms with Crippen molar-refractivity contribution in [2.45, 2.75) is 38.6 Å². The molecule has 2 fully saturated rings. The van der Waals surface area contributed by atoms with E-state index in [-0.39, 0.29) is 0 Å². The van der Waals surface area contributed by atoms with Crippen molar-refractivity contribution in [3.05, 3.63) is 5.82 Å². The normalized spacial score (nSPS) is 28.8. The molecule has 1 aromatic heterocycles. The standard InChI is InChI=1S/C12H21N5/c1-8(2)11-14-12(16-15-11)17-6-9-4-3-5-13-10(9)7-17/h8-10,13H,3-7H2,1-2H3,(H,14,15,16). The Bertz CT molecular complexity index is 372. The summed E-state index contributed by atoms with van der Waals surface area (Å²) in [5.41, 5.74) is 0. The molecule has 2 aliphatic heterocycles. The first-order valence-corrected chi connectivity index (χ1v) is 6.64. The van der Waals surface area contributed by atoms with Gasteiger partial charge in [-0.05, 0) is 25.3 Å². The summed E-state index contributed by atoms with van der Waals surface area (Å²) in [5, 5.41) is 11.0. The first-order chi connectivity index (χ1) is 8.24. The zero-order valence-electron chi connectivity index (χ0n) is 10.6. The van der Waals surface area contributed by atoms with Crippen LogP contribution in [0.3, 0.4) is 0 Å². The van der Waals surface area contributed by atoms with Crippen LogP contribution in [0.5, 0.6) is 0 Å². The van der Waals surface area contributed by atoms with Gasteiger partial charge in [-0.1, -0.05) is 13.8 Å². The Hall–Kier alpha value is -1.10. The second-order valence-corrected chi connectivity index (χ2v) is 5.54. The minimum Gasteiger partial charge on any atom is -0.338 e. The van der Waals surface area contributed by atoms with Crippen LogP contribution in [0.4, 0.5) is 5.95 Å². The molecule has 2 unspecified atom stereocenters. The van der Waals surface area contributed by atoms with Gasteiger partial charge in [0, 0.05) is 25.0 Å². The van der Waals surface area contributed by atoms with Gasteiger partial charge in [0.25, 0.3) is 0 Å². The third-order valence-corrected chi connectivity index (χ3v) is 3.92. The number of hydrogen-bond acceptors (Lipinski definition) is 4. The van der Waals surface area contributed by atoms with Gasteiger partial charge in [-0.2, -0.15) is 4.98 Å². The van der Waals surface area contributed by atoms with Crippen molar-refractivity contribution < 1.29 is 0 Å². The first kappa shape index (κ1) is 11.0. The van der Waals surface area contributed by atoms with Crippen LogP contribution in [0.15, 0.2) is 0 Å². The molecule has 3 rings (SSSR count). The molecule has 0 aromatic carbocycles. The summed E-state index contributed by atoms with van der Waals surface area (Å²) in [4.78, 5) is 6.90. The van der Waals surface area contributed by atoms with Crippen LogP contribution >= 0.6 is 0 Å². The minimum absolute atomic E-state index is 0.416. The number of aromatic nitrogens is 3. The Labute approximate surface area is 102 Å². The number of piperidine rings is 1. The van der Waals surface area contributed by atoms with Crippen LogP contribution in [0.25, 0.3) is 0 Å². The van der Waals surface area contributed by atoms with Crippen LogP contribution in [0.2, 0.25) is 0 Å². The third kappa shape index (κ3) is 2.04. The van der Waals surface area contributed by atoms with E-state index in [0.717, 1.165) is 30.8 Å². The molecular weight excluding hydrogens is 214 g/mol. The number of fused-ring (bicyclic) bond motifs is 1. The van der Waals surface area contributed by atoms with E-state index >= 15 is 0 Å². The molecule has 5 nitrogen and oxygen atoms in total. The van der Waals surface area contributed by atoms with Crippen molar-refractivity contribution in [3.63, 3.8) is 0 Å². The molecule has 94 valence electrons. The Morgan fingerprint density at radius 3 is 2.94 bits per heavy atom. The largest absolute Gasteiger partial charge is 0.338 e. The fourth-order valence-electron chi connectivity index (χ4n) is 2.87. The number of hydrogen-bond donors (Lipinski definition) is 2. The quantitative estimate of drug-likeness (QED) is 0.806. The summed E-state index contributed by atoms with van der Waals surface area (Å²) in [6.45, 7) is 7.60. The average molecular weight is 235 g/mol. The SMILES string of the molecule is CC(C)c1nc(N2CC3CCCNC3C2)n[nH]1. The molecule has 0 radical (unpaired) electrons. The Morgan fingerprint density at radius 2 is 2.24 bits per heavy atom. The maximum atomic E-state index is 4.58. The highest BCUT2D eigenvalue weighted by Crippen LogP contribution is 2.27. The molecule has 2 N–H and O–H groups in total. The topological polar surface area (TPSA) is 56.8 Å². The Morgan fingerprint density at radius 1 is 1.35 bits per heavy atom. The van der Waals surface area contributed by atoms with E-state index in [9.17, 15) is 0 Å². The average Bonchev–Trinajstić information content (AvgIpc) is 2.95. The molecule has 0 spiro atoms. The van der Waals surface area contributed by atoms with E-state index in [4.69, 9.17) is 0 Å². The molecule has 3 heterocycles. The van der Waals surface area contributed by atoms with E-state index in [2.05, 4.69) is 39.2 Å². The van der Waals surface area contributed by atoms with Gasteiger partial charge in [0.2, 0.25) is 5.95 Å². The van der Waals surface area contributed by atoms with Crippen LogP contribution in [-0.4, -0.2) is 40.9 Å². The lowest BCUT2D eigenvalue weighted by Crippen LogP contribution is -2.40. The van der Waals surface area contributed by atoms with Gasteiger partial charge in [0.15, 0.2) is 0 Å². The summed E-state index contributed by atoms with van der Waals surface area (Å²) in [5.74, 6) is 3.07. The molecule has 0 amide bonds. The maximum Gasteiger partial charge on any atom is 0.244 e. The van der Waals surface area contributed by atoms with E-state index in [1.165, 1.54) is 19.4 Å². The summed E-state index contributed by atoms with van der Waals surface area (Å²) >= 11 is 0. The molecule has 17 heavy (non-hydrogen) atoms. The van der Waals surface area contributed by atoms with Crippen molar-refractivity contribution >= 4 is 5.95 Å². The molecular formula is C12H21N5. The lowest BCUT2D eigenvalue weighted by Gasteiger charge is -2.24. The third-order valence-electron chi connectivity index (χ3n) is 3.92. The van der Waals surface area contributed by atoms with Gasteiger partial charge in [-0.3, -0.25) is 5.10 Å². The van der Waals surface area contributed by atoms with Gasteiger partial charge >= 0.3 is 0 Å². The van der Waals surface area contributed by atoms with Crippen LogP contribution in [-0.2, 0) is 0 Å². The van der Waals surface area contributed by atoms with Crippen molar-refractivity contribution in [1.82, 2.24) is 20.5 Å². The van der Waals surface area contributed by atoms with Crippen molar-refractivity contribution in [2.75, 3.05) is 24.5 Å². The molecule has 1 aromatic rings. The smallest absolute Gasteiger partial charge is 0.244 e. The molecule has 0 aliphatic carbocycles. The van der Waals surface area contributed by atoms with Crippen LogP contribution < -0.4 is 10.2 Å². The first-order valence-electron chi connectivity index (χ1n) is 6.64. The lowest BCUT2D eigenvalue weighted by atomic mass is 9.94. The summed E-state index contributed by atoms with van der Waals surface area (Å²) in [6, 6.07) is 0.643. The fraction of sp³-hybridized carbons (Fsp3) is 0.833. The molecule has 0 bridgehead atoms. The Kier molecular flexibility index (Phi) is 2.78. The minimum atomic E-state index is 0.416. The number of rotatable bonds is 2. The summed E-state index contributed by atoms with van der Waals surface area (Å²) < 4.78 is 0. The highest BCUT2D eigenvalue weighted by molar-refractivity contribution is 5.32. The van der Waals surface area contributed by atoms with Crippen LogP contribution in [0, 0.1) is 5.92 Å². The highest BCUT2D eigenvalue weighted by Gasteiger charge is 2.35. The molecule has 2 saturated heterocycles. The van der Waals surface area contributed by atoms with Gasteiger partial charge in [0.1, 0.15) is 5.82 Å². The second kappa shape index (κ2) is 4.29. The van der Waals surface area contributed by atoms with E-state index in [1.807, 2.05) is 0 Å². The van der Waals surface area contributed by atoms with Gasteiger partial charge in [-0.25, -0.2) is 0 Å². The molecule has 2 atom stereocenters. The van der Waals surface area contributed by atoms with E-state index < -0.39 is 0 Å². The van der Waals surface area contributed by atoms with Crippen molar-refractivity contribution in [1.29, 1.82) is 0 Å². The maximum absolute atomic E-state index is 4.58. The molecule has 5 heteroatoms. The van der Waals surface area contributed by atoms with Gasteiger partial charge < -0.3 is 10.2 Å². The summed E-state index contributed by atoms with van der Waals surface area (Å²) in [7, 11) is 0. The van der Waals surface area contributed by atoms with Gasteiger partial charge in [0.05, 0.1) is 0 Å². The van der Waals surface area contributed by atoms with E-state index in [1.54, 1.807) is 0 Å². The predicted octanol–water partition coefficient (Wildman–Crippen LogP) is 1.12. The highest BCUT2D eigenvalue weighted by atomic mass is 15.4. The predicted molar refractivity (Wildman–Crippen MR) is 67.2 cm³/mol. The van der Waals surface area contributed by atoms with Crippen LogP contribution in [0.1, 0.15) is 38.4 Å². The number of nitrogens with one attached hydrogen (secondary N) is 2. The number of nitrogens with zero attached hydrogens (tertiary/aromatic N) is 3. The number of aromatic amines is 1. The zero-order valence-corrected chi connectivity index (χ0v) is 10.6. The zero-order chi connectivity index (χ0) is 11.8. The van der Waals surface area contributed by atoms with E-state index in [0.29, 0.717) is 12.0 Å².